The van der Waals surface area contributed by atoms with Crippen molar-refractivity contribution in [1.29, 1.82) is 0 Å². The zero-order valence-electron chi connectivity index (χ0n) is 10.6. The second kappa shape index (κ2) is 4.61. The van der Waals surface area contributed by atoms with Gasteiger partial charge in [0.1, 0.15) is 17.3 Å². The minimum Gasteiger partial charge on any atom is -0.457 e. The van der Waals surface area contributed by atoms with Gasteiger partial charge in [0.15, 0.2) is 0 Å². The molecule has 19 heavy (non-hydrogen) atoms. The lowest BCUT2D eigenvalue weighted by atomic mass is 10.2. The fourth-order valence-electron chi connectivity index (χ4n) is 1.98. The first-order valence-electron chi connectivity index (χ1n) is 6.12. The number of benzene rings is 2. The quantitative estimate of drug-likeness (QED) is 0.750. The molecule has 0 amide bonds. The number of rotatable bonds is 2. The molecule has 0 saturated carbocycles. The van der Waals surface area contributed by atoms with Gasteiger partial charge in [0.05, 0.1) is 5.52 Å². The number of nitrogens with two attached hydrogens (primary N) is 1. The fourth-order valence-corrected chi connectivity index (χ4v) is 1.98. The highest BCUT2D eigenvalue weighted by atomic mass is 16.5. The molecule has 94 valence electrons. The Hall–Kier alpha value is -2.55. The highest BCUT2D eigenvalue weighted by molar-refractivity contribution is 5.86. The smallest absolute Gasteiger partial charge is 0.140 e. The predicted octanol–water partition coefficient (Wildman–Crippen LogP) is 3.92. The molecular weight excluding hydrogens is 236 g/mol. The summed E-state index contributed by atoms with van der Waals surface area (Å²) in [6.07, 6.45) is 0. The molecule has 0 aliphatic heterocycles. The van der Waals surface area contributed by atoms with Crippen molar-refractivity contribution in [1.82, 2.24) is 4.98 Å². The molecule has 0 spiro atoms. The Kier molecular flexibility index (Phi) is 2.80. The van der Waals surface area contributed by atoms with Gasteiger partial charge in [-0.25, -0.2) is 4.98 Å². The van der Waals surface area contributed by atoms with Crippen molar-refractivity contribution in [3.63, 3.8) is 0 Å². The number of nitrogens with zero attached hydrogens (tertiary/aromatic N) is 1. The van der Waals surface area contributed by atoms with E-state index in [9.17, 15) is 0 Å². The summed E-state index contributed by atoms with van der Waals surface area (Å²) in [7, 11) is 0. The van der Waals surface area contributed by atoms with E-state index in [1.807, 2.05) is 55.5 Å². The molecule has 0 atom stereocenters. The van der Waals surface area contributed by atoms with Gasteiger partial charge in [-0.15, -0.1) is 0 Å². The van der Waals surface area contributed by atoms with Crippen LogP contribution < -0.4 is 10.5 Å². The molecule has 2 aromatic carbocycles. The van der Waals surface area contributed by atoms with Gasteiger partial charge in [-0.2, -0.15) is 0 Å². The minimum atomic E-state index is 0.459. The number of nitrogen functional groups attached to an aromatic ring is 1. The summed E-state index contributed by atoms with van der Waals surface area (Å²) in [4.78, 5) is 4.29. The van der Waals surface area contributed by atoms with Crippen LogP contribution in [0.25, 0.3) is 10.9 Å². The van der Waals surface area contributed by atoms with Crippen LogP contribution in [0.2, 0.25) is 0 Å². The number of hydrogen-bond acceptors (Lipinski definition) is 3. The van der Waals surface area contributed by atoms with Crippen LogP contribution in [0, 0.1) is 6.92 Å². The lowest BCUT2D eigenvalue weighted by Crippen LogP contribution is -1.93. The van der Waals surface area contributed by atoms with E-state index in [4.69, 9.17) is 10.5 Å². The van der Waals surface area contributed by atoms with Gasteiger partial charge in [0, 0.05) is 11.5 Å². The molecule has 2 N–H and O–H groups in total. The maximum absolute atomic E-state index is 5.91. The summed E-state index contributed by atoms with van der Waals surface area (Å²) in [5.74, 6) is 1.98. The van der Waals surface area contributed by atoms with Crippen molar-refractivity contribution >= 4 is 16.7 Å². The molecule has 3 aromatic rings. The molecule has 0 fully saturated rings. The standard InChI is InChI=1S/C16H14N2O/c1-11-6-8-12(9-7-11)19-15-10-16(17)18-14-5-3-2-4-13(14)15/h2-10H,1H3,(H2,17,18). The number of fused-ring (bicyclic) bond motifs is 1. The van der Waals surface area contributed by atoms with Crippen molar-refractivity contribution in [2.24, 2.45) is 0 Å². The predicted molar refractivity (Wildman–Crippen MR) is 77.4 cm³/mol. The molecule has 3 heteroatoms. The Balaban J connectivity index is 2.07. The van der Waals surface area contributed by atoms with E-state index in [2.05, 4.69) is 4.98 Å². The summed E-state index contributed by atoms with van der Waals surface area (Å²) in [5, 5.41) is 0.956. The van der Waals surface area contributed by atoms with Gasteiger partial charge >= 0.3 is 0 Å². The van der Waals surface area contributed by atoms with E-state index < -0.39 is 0 Å². The Labute approximate surface area is 111 Å². The molecule has 0 saturated heterocycles. The van der Waals surface area contributed by atoms with Gasteiger partial charge in [-0.3, -0.25) is 0 Å². The summed E-state index contributed by atoms with van der Waals surface area (Å²) in [5.41, 5.74) is 7.85. The molecule has 1 aromatic heterocycles. The van der Waals surface area contributed by atoms with Crippen molar-refractivity contribution in [2.75, 3.05) is 5.73 Å². The largest absolute Gasteiger partial charge is 0.457 e. The van der Waals surface area contributed by atoms with Gasteiger partial charge in [-0.1, -0.05) is 29.8 Å². The number of para-hydroxylation sites is 1. The molecule has 0 aliphatic carbocycles. The summed E-state index contributed by atoms with van der Waals surface area (Å²) >= 11 is 0. The van der Waals surface area contributed by atoms with Crippen LogP contribution in [0.3, 0.4) is 0 Å². The Morgan fingerprint density at radius 3 is 2.53 bits per heavy atom. The number of aryl methyl sites for hydroxylation is 1. The lowest BCUT2D eigenvalue weighted by Gasteiger charge is -2.09. The number of hydrogen-bond donors (Lipinski definition) is 1. The third-order valence-electron chi connectivity index (χ3n) is 2.95. The van der Waals surface area contributed by atoms with E-state index >= 15 is 0 Å². The van der Waals surface area contributed by atoms with Crippen molar-refractivity contribution in [3.05, 3.63) is 60.2 Å². The summed E-state index contributed by atoms with van der Waals surface area (Å²) in [6, 6.07) is 17.5. The number of anilines is 1. The van der Waals surface area contributed by atoms with E-state index in [-0.39, 0.29) is 0 Å². The zero-order chi connectivity index (χ0) is 13.2. The first-order valence-corrected chi connectivity index (χ1v) is 6.12. The summed E-state index contributed by atoms with van der Waals surface area (Å²) < 4.78 is 5.91. The van der Waals surface area contributed by atoms with Gasteiger partial charge in [0.2, 0.25) is 0 Å². The van der Waals surface area contributed by atoms with E-state index in [0.29, 0.717) is 5.82 Å². The van der Waals surface area contributed by atoms with Crippen LogP contribution in [0.5, 0.6) is 11.5 Å². The average molecular weight is 250 g/mol. The zero-order valence-corrected chi connectivity index (χ0v) is 10.6. The normalized spacial score (nSPS) is 10.6. The van der Waals surface area contributed by atoms with E-state index in [1.54, 1.807) is 6.07 Å². The molecule has 1 heterocycles. The first kappa shape index (κ1) is 11.5. The topological polar surface area (TPSA) is 48.1 Å². The van der Waals surface area contributed by atoms with Crippen molar-refractivity contribution in [3.8, 4) is 11.5 Å². The van der Waals surface area contributed by atoms with Crippen molar-refractivity contribution < 1.29 is 4.74 Å². The summed E-state index contributed by atoms with van der Waals surface area (Å²) in [6.45, 7) is 2.05. The van der Waals surface area contributed by atoms with Gasteiger partial charge in [0.25, 0.3) is 0 Å². The molecule has 0 radical (unpaired) electrons. The second-order valence-electron chi connectivity index (χ2n) is 4.48. The van der Waals surface area contributed by atoms with Crippen LogP contribution in [-0.2, 0) is 0 Å². The maximum Gasteiger partial charge on any atom is 0.140 e. The van der Waals surface area contributed by atoms with Crippen molar-refractivity contribution in [2.45, 2.75) is 6.92 Å². The molecule has 0 aliphatic rings. The molecule has 3 nitrogen and oxygen atoms in total. The Bertz CT molecular complexity index is 720. The number of aromatic nitrogens is 1. The fraction of sp³-hybridized carbons (Fsp3) is 0.0625. The third kappa shape index (κ3) is 2.36. The molecule has 3 rings (SSSR count). The number of ether oxygens (including phenoxy) is 1. The van der Waals surface area contributed by atoms with Crippen LogP contribution in [0.15, 0.2) is 54.6 Å². The minimum absolute atomic E-state index is 0.459. The average Bonchev–Trinajstić information content (AvgIpc) is 2.41. The monoisotopic (exact) mass is 250 g/mol. The van der Waals surface area contributed by atoms with Crippen LogP contribution >= 0.6 is 0 Å². The maximum atomic E-state index is 5.91. The van der Waals surface area contributed by atoms with Gasteiger partial charge in [-0.05, 0) is 31.2 Å². The van der Waals surface area contributed by atoms with Gasteiger partial charge < -0.3 is 10.5 Å². The highest BCUT2D eigenvalue weighted by Crippen LogP contribution is 2.30. The SMILES string of the molecule is Cc1ccc(Oc2cc(N)nc3ccccc23)cc1. The van der Waals surface area contributed by atoms with Crippen LogP contribution in [-0.4, -0.2) is 4.98 Å². The second-order valence-corrected chi connectivity index (χ2v) is 4.48. The Morgan fingerprint density at radius 1 is 1.00 bits per heavy atom. The van der Waals surface area contributed by atoms with Crippen LogP contribution in [0.4, 0.5) is 5.82 Å². The Morgan fingerprint density at radius 2 is 1.74 bits per heavy atom. The van der Waals surface area contributed by atoms with Crippen LogP contribution in [0.1, 0.15) is 5.56 Å². The molecule has 0 bridgehead atoms. The first-order chi connectivity index (χ1) is 9.22. The molecule has 0 unspecified atom stereocenters. The number of pyridine rings is 1. The molecular formula is C16H14N2O. The van der Waals surface area contributed by atoms with E-state index in [0.717, 1.165) is 22.4 Å². The lowest BCUT2D eigenvalue weighted by molar-refractivity contribution is 0.488. The third-order valence-corrected chi connectivity index (χ3v) is 2.95. The highest BCUT2D eigenvalue weighted by Gasteiger charge is 2.06. The van der Waals surface area contributed by atoms with E-state index in [1.165, 1.54) is 5.56 Å².